The van der Waals surface area contributed by atoms with E-state index in [-0.39, 0.29) is 16.8 Å². The highest BCUT2D eigenvalue weighted by Crippen LogP contribution is 2.37. The number of sulfonamides is 1. The van der Waals surface area contributed by atoms with Crippen molar-refractivity contribution in [3.05, 3.63) is 59.4 Å². The maximum Gasteiger partial charge on any atom is 0.264 e. The predicted octanol–water partition coefficient (Wildman–Crippen LogP) is 2.73. The number of anilines is 1. The van der Waals surface area contributed by atoms with E-state index >= 15 is 0 Å². The third-order valence-corrected chi connectivity index (χ3v) is 6.62. The molecule has 6 nitrogen and oxygen atoms in total. The molecule has 0 radical (unpaired) electrons. The molecular weight excluding hydrogens is 383 g/mol. The molecule has 0 bridgehead atoms. The van der Waals surface area contributed by atoms with Crippen molar-refractivity contribution in [2.24, 2.45) is 0 Å². The van der Waals surface area contributed by atoms with Crippen molar-refractivity contribution in [1.82, 2.24) is 5.32 Å². The first-order valence-corrected chi connectivity index (χ1v) is 10.5. The number of benzene rings is 2. The van der Waals surface area contributed by atoms with Crippen LogP contribution in [0, 0.1) is 5.82 Å². The zero-order chi connectivity index (χ0) is 20.3. The summed E-state index contributed by atoms with van der Waals surface area (Å²) < 4.78 is 45.6. The highest BCUT2D eigenvalue weighted by atomic mass is 32.2. The Morgan fingerprint density at radius 2 is 1.96 bits per heavy atom. The molecule has 0 unspecified atom stereocenters. The van der Waals surface area contributed by atoms with Gasteiger partial charge in [-0.1, -0.05) is 0 Å². The number of hydrogen-bond acceptors (Lipinski definition) is 4. The van der Waals surface area contributed by atoms with Crippen LogP contribution in [-0.4, -0.2) is 40.6 Å². The van der Waals surface area contributed by atoms with E-state index in [2.05, 4.69) is 5.32 Å². The summed E-state index contributed by atoms with van der Waals surface area (Å²) in [6.07, 6.45) is 1.22. The van der Waals surface area contributed by atoms with Crippen LogP contribution in [0.3, 0.4) is 0 Å². The molecule has 2 aromatic rings. The van der Waals surface area contributed by atoms with Gasteiger partial charge in [0.05, 0.1) is 10.6 Å². The van der Waals surface area contributed by atoms with Crippen molar-refractivity contribution in [3.8, 4) is 0 Å². The van der Waals surface area contributed by atoms with E-state index < -0.39 is 15.8 Å². The number of methoxy groups -OCH3 is 1. The number of hydrogen-bond donors (Lipinski definition) is 1. The maximum absolute atomic E-state index is 13.2. The number of rotatable bonds is 7. The average Bonchev–Trinajstić information content (AvgIpc) is 3.01. The zero-order valence-corrected chi connectivity index (χ0v) is 16.6. The molecule has 8 heteroatoms. The van der Waals surface area contributed by atoms with Crippen LogP contribution in [0.5, 0.6) is 0 Å². The summed E-state index contributed by atoms with van der Waals surface area (Å²) in [6, 6.07) is 9.49. The van der Waals surface area contributed by atoms with Gasteiger partial charge in [0.15, 0.2) is 0 Å². The summed E-state index contributed by atoms with van der Waals surface area (Å²) in [6.45, 7) is 2.88. The van der Waals surface area contributed by atoms with Gasteiger partial charge in [0.1, 0.15) is 5.82 Å². The summed E-state index contributed by atoms with van der Waals surface area (Å²) in [7, 11) is -2.21. The largest absolute Gasteiger partial charge is 0.385 e. The number of amides is 1. The van der Waals surface area contributed by atoms with Crippen LogP contribution in [0.2, 0.25) is 0 Å². The minimum atomic E-state index is -3.82. The summed E-state index contributed by atoms with van der Waals surface area (Å²) in [5.41, 5.74) is 1.83. The standard InChI is InChI=1S/C20H23FN2O4S/c1-14-12-16-13-15(20(24)22-10-3-11-27-2)4-9-19(16)23(14)28(25,26)18-7-5-17(21)6-8-18/h4-9,13-14H,3,10-12H2,1-2H3,(H,22,24)/t14-/m0/s1. The smallest absolute Gasteiger partial charge is 0.264 e. The Kier molecular flexibility index (Phi) is 6.00. The Hall–Kier alpha value is -2.45. The van der Waals surface area contributed by atoms with Gasteiger partial charge in [0.2, 0.25) is 0 Å². The minimum absolute atomic E-state index is 0.0357. The summed E-state index contributed by atoms with van der Waals surface area (Å²) >= 11 is 0. The Labute approximate surface area is 164 Å². The number of ether oxygens (including phenoxy) is 1. The van der Waals surface area contributed by atoms with Crippen molar-refractivity contribution in [2.45, 2.75) is 30.7 Å². The molecule has 0 aromatic heterocycles. The van der Waals surface area contributed by atoms with Crippen molar-refractivity contribution < 1.29 is 22.3 Å². The molecule has 0 saturated carbocycles. The molecule has 3 rings (SSSR count). The van der Waals surface area contributed by atoms with E-state index in [0.29, 0.717) is 37.2 Å². The van der Waals surface area contributed by atoms with E-state index in [9.17, 15) is 17.6 Å². The monoisotopic (exact) mass is 406 g/mol. The molecule has 1 aliphatic rings. The lowest BCUT2D eigenvalue weighted by Crippen LogP contribution is -2.35. The quantitative estimate of drug-likeness (QED) is 0.718. The fraction of sp³-hybridized carbons (Fsp3) is 0.350. The van der Waals surface area contributed by atoms with Crippen LogP contribution in [0.15, 0.2) is 47.4 Å². The second-order valence-corrected chi connectivity index (χ2v) is 8.57. The minimum Gasteiger partial charge on any atom is -0.385 e. The normalized spacial score (nSPS) is 16.1. The van der Waals surface area contributed by atoms with Crippen LogP contribution in [0.1, 0.15) is 29.3 Å². The third kappa shape index (κ3) is 4.02. The van der Waals surface area contributed by atoms with E-state index in [4.69, 9.17) is 4.74 Å². The van der Waals surface area contributed by atoms with Crippen molar-refractivity contribution in [3.63, 3.8) is 0 Å². The predicted molar refractivity (Wildman–Crippen MR) is 104 cm³/mol. The molecule has 1 N–H and O–H groups in total. The van der Waals surface area contributed by atoms with Gasteiger partial charge in [-0.05, 0) is 67.8 Å². The summed E-state index contributed by atoms with van der Waals surface area (Å²) in [4.78, 5) is 12.3. The van der Waals surface area contributed by atoms with Crippen LogP contribution in [-0.2, 0) is 21.2 Å². The first kappa shape index (κ1) is 20.3. The van der Waals surface area contributed by atoms with Gasteiger partial charge in [-0.15, -0.1) is 0 Å². The molecule has 0 fully saturated rings. The molecule has 2 aromatic carbocycles. The zero-order valence-electron chi connectivity index (χ0n) is 15.8. The Morgan fingerprint density at radius 1 is 1.25 bits per heavy atom. The lowest BCUT2D eigenvalue weighted by molar-refractivity contribution is 0.0948. The van der Waals surface area contributed by atoms with Crippen LogP contribution >= 0.6 is 0 Å². The number of carbonyl (C=O) groups is 1. The summed E-state index contributed by atoms with van der Waals surface area (Å²) in [5.74, 6) is -0.693. The molecule has 150 valence electrons. The second kappa shape index (κ2) is 8.28. The lowest BCUT2D eigenvalue weighted by Gasteiger charge is -2.24. The van der Waals surface area contributed by atoms with Gasteiger partial charge in [-0.2, -0.15) is 0 Å². The highest BCUT2D eigenvalue weighted by Gasteiger charge is 2.36. The molecule has 0 spiro atoms. The molecule has 1 aliphatic heterocycles. The van der Waals surface area contributed by atoms with Crippen LogP contribution < -0.4 is 9.62 Å². The maximum atomic E-state index is 13.2. The third-order valence-electron chi connectivity index (χ3n) is 4.68. The molecule has 0 saturated heterocycles. The van der Waals surface area contributed by atoms with E-state index in [0.717, 1.165) is 17.7 Å². The highest BCUT2D eigenvalue weighted by molar-refractivity contribution is 7.92. The molecule has 1 amide bonds. The van der Waals surface area contributed by atoms with Gasteiger partial charge in [-0.3, -0.25) is 9.10 Å². The van der Waals surface area contributed by atoms with Gasteiger partial charge in [-0.25, -0.2) is 12.8 Å². The van der Waals surface area contributed by atoms with Gasteiger partial charge >= 0.3 is 0 Å². The summed E-state index contributed by atoms with van der Waals surface area (Å²) in [5, 5.41) is 2.82. The van der Waals surface area contributed by atoms with Gasteiger partial charge in [0, 0.05) is 31.9 Å². The first-order valence-electron chi connectivity index (χ1n) is 9.04. The van der Waals surface area contributed by atoms with Crippen LogP contribution in [0.4, 0.5) is 10.1 Å². The van der Waals surface area contributed by atoms with Crippen LogP contribution in [0.25, 0.3) is 0 Å². The molecule has 0 aliphatic carbocycles. The Bertz CT molecular complexity index is 961. The van der Waals surface area contributed by atoms with Crippen molar-refractivity contribution >= 4 is 21.6 Å². The molecule has 1 atom stereocenters. The van der Waals surface area contributed by atoms with Gasteiger partial charge in [0.25, 0.3) is 15.9 Å². The number of halogens is 1. The SMILES string of the molecule is COCCCNC(=O)c1ccc2c(c1)C[C@H](C)N2S(=O)(=O)c1ccc(F)cc1. The van der Waals surface area contributed by atoms with Gasteiger partial charge < -0.3 is 10.1 Å². The molecule has 28 heavy (non-hydrogen) atoms. The molecule has 1 heterocycles. The second-order valence-electron chi connectivity index (χ2n) is 6.75. The fourth-order valence-corrected chi connectivity index (χ4v) is 5.04. The lowest BCUT2D eigenvalue weighted by atomic mass is 10.1. The number of nitrogens with one attached hydrogen (secondary N) is 1. The topological polar surface area (TPSA) is 75.7 Å². The number of carbonyl (C=O) groups excluding carboxylic acids is 1. The fourth-order valence-electron chi connectivity index (χ4n) is 3.35. The van der Waals surface area contributed by atoms with E-state index in [1.54, 1.807) is 25.3 Å². The van der Waals surface area contributed by atoms with Crippen molar-refractivity contribution in [1.29, 1.82) is 0 Å². The van der Waals surface area contributed by atoms with Crippen molar-refractivity contribution in [2.75, 3.05) is 24.6 Å². The Balaban J connectivity index is 1.84. The number of fused-ring (bicyclic) bond motifs is 1. The average molecular weight is 406 g/mol. The first-order chi connectivity index (χ1) is 13.3. The van der Waals surface area contributed by atoms with E-state index in [1.807, 2.05) is 6.92 Å². The molecular formula is C20H23FN2O4S. The Morgan fingerprint density at radius 3 is 2.64 bits per heavy atom. The number of nitrogens with zero attached hydrogens (tertiary/aromatic N) is 1. The van der Waals surface area contributed by atoms with E-state index in [1.165, 1.54) is 16.4 Å².